The van der Waals surface area contributed by atoms with Crippen LogP contribution < -0.4 is 0 Å². The fourth-order valence-corrected chi connectivity index (χ4v) is 0.183. The molecule has 4 heteroatoms. The number of aliphatic hydroxyl groups excluding tert-OH is 2. The SMILES string of the molecule is C=CC.C=CC.COCCO.COCCO. The third kappa shape index (κ3) is 183. The molecule has 16 heavy (non-hydrogen) atoms. The zero-order valence-electron chi connectivity index (χ0n) is 11.1. The molecule has 4 nitrogen and oxygen atoms in total. The number of rotatable bonds is 4. The monoisotopic (exact) mass is 236 g/mol. The van der Waals surface area contributed by atoms with Crippen molar-refractivity contribution in [1.29, 1.82) is 0 Å². The predicted molar refractivity (Wildman–Crippen MR) is 69.7 cm³/mol. The Morgan fingerprint density at radius 1 is 0.875 bits per heavy atom. The number of aliphatic hydroxyl groups is 2. The smallest absolute Gasteiger partial charge is 0.0693 e. The molecule has 0 aromatic heterocycles. The van der Waals surface area contributed by atoms with Gasteiger partial charge in [-0.05, 0) is 13.8 Å². The maximum absolute atomic E-state index is 7.94. The van der Waals surface area contributed by atoms with Crippen LogP contribution in [0.2, 0.25) is 0 Å². The Balaban J connectivity index is -0.0000000621. The fourth-order valence-electron chi connectivity index (χ4n) is 0.183. The van der Waals surface area contributed by atoms with Crippen LogP contribution in [0.15, 0.2) is 25.3 Å². The quantitative estimate of drug-likeness (QED) is 0.728. The Kier molecular flexibility index (Phi) is 72.7. The summed E-state index contributed by atoms with van der Waals surface area (Å²) in [6.45, 7) is 11.6. The Labute approximate surface area is 100 Å². The minimum absolute atomic E-state index is 0.122. The van der Waals surface area contributed by atoms with E-state index in [0.717, 1.165) is 0 Å². The maximum atomic E-state index is 7.94. The largest absolute Gasteiger partial charge is 0.394 e. The van der Waals surface area contributed by atoms with Gasteiger partial charge in [-0.15, -0.1) is 13.2 Å². The highest BCUT2D eigenvalue weighted by Gasteiger charge is 1.67. The van der Waals surface area contributed by atoms with E-state index in [1.165, 1.54) is 0 Å². The molecule has 0 spiro atoms. The first-order valence-electron chi connectivity index (χ1n) is 5.00. The third-order valence-corrected chi connectivity index (χ3v) is 0.591. The van der Waals surface area contributed by atoms with Gasteiger partial charge in [0, 0.05) is 14.2 Å². The topological polar surface area (TPSA) is 58.9 Å². The second-order valence-corrected chi connectivity index (χ2v) is 2.25. The highest BCUT2D eigenvalue weighted by Crippen LogP contribution is 1.57. The van der Waals surface area contributed by atoms with Crippen LogP contribution in [-0.2, 0) is 9.47 Å². The molecule has 0 amide bonds. The van der Waals surface area contributed by atoms with Gasteiger partial charge in [-0.3, -0.25) is 0 Å². The molecule has 0 aliphatic heterocycles. The lowest BCUT2D eigenvalue weighted by Crippen LogP contribution is -1.91. The summed E-state index contributed by atoms with van der Waals surface area (Å²) in [6, 6.07) is 0. The van der Waals surface area contributed by atoms with E-state index in [4.69, 9.17) is 10.2 Å². The second kappa shape index (κ2) is 47.4. The lowest BCUT2D eigenvalue weighted by atomic mass is 10.8. The summed E-state index contributed by atoms with van der Waals surface area (Å²) in [5.74, 6) is 0. The highest BCUT2D eigenvalue weighted by atomic mass is 16.5. The van der Waals surface area contributed by atoms with Gasteiger partial charge < -0.3 is 19.7 Å². The number of hydrogen-bond donors (Lipinski definition) is 2. The molecule has 0 unspecified atom stereocenters. The number of allylic oxidation sites excluding steroid dienone is 2. The Bertz CT molecular complexity index is 79.0. The van der Waals surface area contributed by atoms with Crippen LogP contribution >= 0.6 is 0 Å². The lowest BCUT2D eigenvalue weighted by molar-refractivity contribution is 0.135. The first kappa shape index (κ1) is 24.5. The van der Waals surface area contributed by atoms with Gasteiger partial charge in [0.15, 0.2) is 0 Å². The molecule has 0 saturated carbocycles. The van der Waals surface area contributed by atoms with Gasteiger partial charge in [-0.25, -0.2) is 0 Å². The normalized spacial score (nSPS) is 6.88. The molecule has 100 valence electrons. The molecule has 0 aromatic rings. The molecule has 0 rings (SSSR count). The molecule has 0 bridgehead atoms. The summed E-state index contributed by atoms with van der Waals surface area (Å²) < 4.78 is 8.88. The molecule has 0 heterocycles. The molecule has 0 aliphatic rings. The molecule has 0 fully saturated rings. The van der Waals surface area contributed by atoms with Crippen molar-refractivity contribution in [3.63, 3.8) is 0 Å². The van der Waals surface area contributed by atoms with Gasteiger partial charge in [0.05, 0.1) is 26.4 Å². The van der Waals surface area contributed by atoms with E-state index < -0.39 is 0 Å². The summed E-state index contributed by atoms with van der Waals surface area (Å²) in [4.78, 5) is 0. The zero-order valence-corrected chi connectivity index (χ0v) is 11.1. The Morgan fingerprint density at radius 3 is 1.06 bits per heavy atom. The van der Waals surface area contributed by atoms with Crippen LogP contribution in [0.5, 0.6) is 0 Å². The molecule has 0 aromatic carbocycles. The summed E-state index contributed by atoms with van der Waals surface area (Å²) in [5, 5.41) is 15.9. The van der Waals surface area contributed by atoms with Gasteiger partial charge in [0.2, 0.25) is 0 Å². The van der Waals surface area contributed by atoms with E-state index in [1.54, 1.807) is 26.4 Å². The molecular weight excluding hydrogens is 208 g/mol. The van der Waals surface area contributed by atoms with Crippen molar-refractivity contribution in [2.75, 3.05) is 40.6 Å². The third-order valence-electron chi connectivity index (χ3n) is 0.591. The maximum Gasteiger partial charge on any atom is 0.0693 e. The van der Waals surface area contributed by atoms with Crippen LogP contribution in [-0.4, -0.2) is 50.9 Å². The molecule has 0 aliphatic carbocycles. The summed E-state index contributed by atoms with van der Waals surface area (Å²) in [5.41, 5.74) is 0. The number of hydrogen-bond acceptors (Lipinski definition) is 4. The lowest BCUT2D eigenvalue weighted by Gasteiger charge is -1.84. The first-order valence-corrected chi connectivity index (χ1v) is 5.00. The first-order chi connectivity index (χ1) is 7.66. The second-order valence-electron chi connectivity index (χ2n) is 2.25. The van der Waals surface area contributed by atoms with Crippen molar-refractivity contribution >= 4 is 0 Å². The van der Waals surface area contributed by atoms with Crippen LogP contribution in [0.4, 0.5) is 0 Å². The standard InChI is InChI=1S/2C3H8O2.2C3H6/c2*1-5-3-2-4;2*1-3-2/h2*4H,2-3H2,1H3;2*3H,1H2,2H3. The van der Waals surface area contributed by atoms with Crippen molar-refractivity contribution in [2.24, 2.45) is 0 Å². The van der Waals surface area contributed by atoms with E-state index in [0.29, 0.717) is 13.2 Å². The zero-order chi connectivity index (χ0) is 13.7. The summed E-state index contributed by atoms with van der Waals surface area (Å²) >= 11 is 0. The van der Waals surface area contributed by atoms with Gasteiger partial charge >= 0.3 is 0 Å². The van der Waals surface area contributed by atoms with Crippen LogP contribution in [0, 0.1) is 0 Å². The van der Waals surface area contributed by atoms with E-state index in [2.05, 4.69) is 22.6 Å². The van der Waals surface area contributed by atoms with Crippen LogP contribution in [0.25, 0.3) is 0 Å². The van der Waals surface area contributed by atoms with Crippen LogP contribution in [0.3, 0.4) is 0 Å². The molecular formula is C12H28O4. The highest BCUT2D eigenvalue weighted by molar-refractivity contribution is 4.51. The summed E-state index contributed by atoms with van der Waals surface area (Å²) in [7, 11) is 3.10. The minimum atomic E-state index is 0.122. The van der Waals surface area contributed by atoms with Gasteiger partial charge in [-0.1, -0.05) is 12.2 Å². The average Bonchev–Trinajstić information content (AvgIpc) is 2.23. The van der Waals surface area contributed by atoms with E-state index >= 15 is 0 Å². The number of methoxy groups -OCH3 is 2. The van der Waals surface area contributed by atoms with Crippen molar-refractivity contribution in [1.82, 2.24) is 0 Å². The van der Waals surface area contributed by atoms with Gasteiger partial charge in [0.25, 0.3) is 0 Å². The number of ether oxygens (including phenoxy) is 2. The van der Waals surface area contributed by atoms with E-state index in [-0.39, 0.29) is 13.2 Å². The van der Waals surface area contributed by atoms with Gasteiger partial charge in [0.1, 0.15) is 0 Å². The van der Waals surface area contributed by atoms with E-state index in [1.807, 2.05) is 13.8 Å². The fraction of sp³-hybridized carbons (Fsp3) is 0.667. The molecule has 2 N–H and O–H groups in total. The van der Waals surface area contributed by atoms with Crippen molar-refractivity contribution in [2.45, 2.75) is 13.8 Å². The Hall–Kier alpha value is -0.680. The Morgan fingerprint density at radius 2 is 1.06 bits per heavy atom. The van der Waals surface area contributed by atoms with Crippen molar-refractivity contribution < 1.29 is 19.7 Å². The summed E-state index contributed by atoms with van der Waals surface area (Å²) in [6.07, 6.45) is 3.50. The van der Waals surface area contributed by atoms with Crippen molar-refractivity contribution in [3.8, 4) is 0 Å². The van der Waals surface area contributed by atoms with Gasteiger partial charge in [-0.2, -0.15) is 0 Å². The average molecular weight is 236 g/mol. The predicted octanol–water partition coefficient (Wildman–Crippen LogP) is 1.63. The van der Waals surface area contributed by atoms with Crippen molar-refractivity contribution in [3.05, 3.63) is 25.3 Å². The van der Waals surface area contributed by atoms with Crippen LogP contribution in [0.1, 0.15) is 13.8 Å². The minimum Gasteiger partial charge on any atom is -0.394 e. The molecule has 0 radical (unpaired) electrons. The van der Waals surface area contributed by atoms with E-state index in [9.17, 15) is 0 Å². The molecule has 0 atom stereocenters. The molecule has 0 saturated heterocycles.